The Labute approximate surface area is 119 Å². The number of unbranched alkanes of at least 4 members (excludes halogenated alkanes) is 7. The number of hydrogen-bond donors (Lipinski definition) is 0. The predicted octanol–water partition coefficient (Wildman–Crippen LogP) is 5.60. The highest BCUT2D eigenvalue weighted by Gasteiger charge is 2.04. The van der Waals surface area contributed by atoms with Crippen molar-refractivity contribution < 1.29 is 9.47 Å². The van der Waals surface area contributed by atoms with Gasteiger partial charge in [0.15, 0.2) is 0 Å². The summed E-state index contributed by atoms with van der Waals surface area (Å²) in [5.41, 5.74) is 0. The third kappa shape index (κ3) is 13.3. The summed E-state index contributed by atoms with van der Waals surface area (Å²) in [6, 6.07) is 0. The average Bonchev–Trinajstić information content (AvgIpc) is 2.39. The van der Waals surface area contributed by atoms with Gasteiger partial charge in [-0.25, -0.2) is 0 Å². The molecule has 0 aliphatic rings. The van der Waals surface area contributed by atoms with Gasteiger partial charge in [0.05, 0.1) is 12.4 Å². The fourth-order valence-electron chi connectivity index (χ4n) is 2.10. The van der Waals surface area contributed by atoms with Crippen LogP contribution < -0.4 is 0 Å². The molecule has 0 aromatic carbocycles. The van der Waals surface area contributed by atoms with Gasteiger partial charge in [0, 0.05) is 0 Å². The zero-order chi connectivity index (χ0) is 14.3. The first-order chi connectivity index (χ1) is 9.20. The summed E-state index contributed by atoms with van der Waals surface area (Å²) >= 11 is 0. The topological polar surface area (TPSA) is 18.5 Å². The molecule has 0 amide bonds. The van der Waals surface area contributed by atoms with E-state index in [0.717, 1.165) is 6.42 Å². The van der Waals surface area contributed by atoms with E-state index in [1.54, 1.807) is 0 Å². The van der Waals surface area contributed by atoms with E-state index in [4.69, 9.17) is 9.47 Å². The molecule has 0 fully saturated rings. The summed E-state index contributed by atoms with van der Waals surface area (Å²) in [5.74, 6) is 0.687. The van der Waals surface area contributed by atoms with Crippen LogP contribution in [0.2, 0.25) is 0 Å². The Morgan fingerprint density at radius 2 is 1.63 bits per heavy atom. The van der Waals surface area contributed by atoms with Crippen molar-refractivity contribution >= 4 is 0 Å². The van der Waals surface area contributed by atoms with Gasteiger partial charge in [-0.3, -0.25) is 0 Å². The molecule has 19 heavy (non-hydrogen) atoms. The average molecular weight is 268 g/mol. The second-order valence-corrected chi connectivity index (χ2v) is 5.21. The number of hydrogen-bond acceptors (Lipinski definition) is 2. The molecule has 0 spiro atoms. The van der Waals surface area contributed by atoms with Gasteiger partial charge in [-0.15, -0.1) is 0 Å². The molecule has 0 radical (unpaired) electrons. The summed E-state index contributed by atoms with van der Waals surface area (Å²) in [4.78, 5) is 0. The Balaban J connectivity index is 3.30. The molecule has 0 aromatic rings. The Morgan fingerprint density at radius 3 is 2.21 bits per heavy atom. The minimum Gasteiger partial charge on any atom is -0.494 e. The van der Waals surface area contributed by atoms with Crippen molar-refractivity contribution in [3.8, 4) is 0 Å². The standard InChI is InChI=1S/C17H32O2/c1-5-7-8-9-10-11-12-13-14-16(3)19-17(4)15-18-6-2/h6,16H,2,4-5,7-15H2,1,3H3. The molecule has 1 atom stereocenters. The molecule has 0 aliphatic carbocycles. The summed E-state index contributed by atoms with van der Waals surface area (Å²) in [7, 11) is 0. The fraction of sp³-hybridized carbons (Fsp3) is 0.765. The van der Waals surface area contributed by atoms with Gasteiger partial charge in [-0.05, 0) is 19.8 Å². The number of rotatable bonds is 14. The summed E-state index contributed by atoms with van der Waals surface area (Å²) in [6.07, 6.45) is 13.6. The summed E-state index contributed by atoms with van der Waals surface area (Å²) < 4.78 is 10.7. The van der Waals surface area contributed by atoms with Crippen LogP contribution in [0.25, 0.3) is 0 Å². The highest BCUT2D eigenvalue weighted by Crippen LogP contribution is 2.13. The van der Waals surface area contributed by atoms with Gasteiger partial charge in [-0.1, -0.05) is 65.0 Å². The molecule has 0 rings (SSSR count). The molecule has 0 heterocycles. The van der Waals surface area contributed by atoms with Crippen molar-refractivity contribution in [1.82, 2.24) is 0 Å². The van der Waals surface area contributed by atoms with E-state index in [1.165, 1.54) is 57.6 Å². The molecule has 2 heteroatoms. The number of ether oxygens (including phenoxy) is 2. The lowest BCUT2D eigenvalue weighted by Crippen LogP contribution is -2.09. The Hall–Kier alpha value is -0.920. The predicted molar refractivity (Wildman–Crippen MR) is 83.1 cm³/mol. The highest BCUT2D eigenvalue weighted by molar-refractivity contribution is 4.84. The SMILES string of the molecule is C=COCC(=C)OC(C)CCCCCCCCCC. The van der Waals surface area contributed by atoms with Crippen molar-refractivity contribution in [1.29, 1.82) is 0 Å². The molecule has 0 saturated heterocycles. The van der Waals surface area contributed by atoms with Crippen molar-refractivity contribution in [2.75, 3.05) is 6.61 Å². The van der Waals surface area contributed by atoms with Crippen LogP contribution in [0.5, 0.6) is 0 Å². The maximum atomic E-state index is 5.64. The van der Waals surface area contributed by atoms with Gasteiger partial charge in [0.2, 0.25) is 0 Å². The molecule has 0 N–H and O–H groups in total. The smallest absolute Gasteiger partial charge is 0.144 e. The van der Waals surface area contributed by atoms with E-state index in [-0.39, 0.29) is 6.10 Å². The van der Waals surface area contributed by atoms with Crippen LogP contribution in [0, 0.1) is 0 Å². The Morgan fingerprint density at radius 1 is 1.05 bits per heavy atom. The minimum absolute atomic E-state index is 0.237. The maximum absolute atomic E-state index is 5.64. The second-order valence-electron chi connectivity index (χ2n) is 5.21. The van der Waals surface area contributed by atoms with Crippen molar-refractivity contribution in [3.05, 3.63) is 25.2 Å². The van der Waals surface area contributed by atoms with Gasteiger partial charge in [0.1, 0.15) is 12.4 Å². The largest absolute Gasteiger partial charge is 0.494 e. The molecule has 2 nitrogen and oxygen atoms in total. The molecular weight excluding hydrogens is 236 g/mol. The minimum atomic E-state index is 0.237. The van der Waals surface area contributed by atoms with Crippen LogP contribution in [0.15, 0.2) is 25.2 Å². The Kier molecular flexibility index (Phi) is 12.9. The van der Waals surface area contributed by atoms with E-state index in [0.29, 0.717) is 12.4 Å². The fourth-order valence-corrected chi connectivity index (χ4v) is 2.10. The molecule has 0 aliphatic heterocycles. The molecule has 0 aromatic heterocycles. The molecule has 0 bridgehead atoms. The second kappa shape index (κ2) is 13.5. The first-order valence-corrected chi connectivity index (χ1v) is 7.77. The lowest BCUT2D eigenvalue weighted by Gasteiger charge is -2.16. The monoisotopic (exact) mass is 268 g/mol. The first-order valence-electron chi connectivity index (χ1n) is 7.77. The Bertz CT molecular complexity index is 223. The van der Waals surface area contributed by atoms with Crippen molar-refractivity contribution in [2.24, 2.45) is 0 Å². The molecule has 112 valence electrons. The maximum Gasteiger partial charge on any atom is 0.144 e. The van der Waals surface area contributed by atoms with Crippen LogP contribution in [0.1, 0.15) is 71.6 Å². The lowest BCUT2D eigenvalue weighted by molar-refractivity contribution is 0.0896. The van der Waals surface area contributed by atoms with E-state index >= 15 is 0 Å². The first kappa shape index (κ1) is 18.1. The third-order valence-corrected chi connectivity index (χ3v) is 3.19. The van der Waals surface area contributed by atoms with Crippen LogP contribution in [-0.4, -0.2) is 12.7 Å². The van der Waals surface area contributed by atoms with Gasteiger partial charge < -0.3 is 9.47 Å². The van der Waals surface area contributed by atoms with Crippen LogP contribution in [0.3, 0.4) is 0 Å². The van der Waals surface area contributed by atoms with Gasteiger partial charge in [0.25, 0.3) is 0 Å². The van der Waals surface area contributed by atoms with Crippen molar-refractivity contribution in [2.45, 2.75) is 77.7 Å². The zero-order valence-electron chi connectivity index (χ0n) is 13.0. The van der Waals surface area contributed by atoms with Crippen LogP contribution in [-0.2, 0) is 9.47 Å². The van der Waals surface area contributed by atoms with E-state index in [2.05, 4.69) is 27.0 Å². The van der Waals surface area contributed by atoms with E-state index < -0.39 is 0 Å². The van der Waals surface area contributed by atoms with Crippen LogP contribution in [0.4, 0.5) is 0 Å². The zero-order valence-corrected chi connectivity index (χ0v) is 13.0. The van der Waals surface area contributed by atoms with Gasteiger partial charge >= 0.3 is 0 Å². The van der Waals surface area contributed by atoms with Crippen LogP contribution >= 0.6 is 0 Å². The molecule has 1 unspecified atom stereocenters. The summed E-state index contributed by atoms with van der Waals surface area (Å²) in [6.45, 7) is 12.1. The summed E-state index contributed by atoms with van der Waals surface area (Å²) in [5, 5.41) is 0. The third-order valence-electron chi connectivity index (χ3n) is 3.19. The highest BCUT2D eigenvalue weighted by atomic mass is 16.5. The normalized spacial score (nSPS) is 11.9. The van der Waals surface area contributed by atoms with E-state index in [1.807, 2.05) is 0 Å². The molecule has 0 saturated carbocycles. The quantitative estimate of drug-likeness (QED) is 0.302. The van der Waals surface area contributed by atoms with Crippen molar-refractivity contribution in [3.63, 3.8) is 0 Å². The lowest BCUT2D eigenvalue weighted by atomic mass is 10.1. The van der Waals surface area contributed by atoms with E-state index in [9.17, 15) is 0 Å². The molecular formula is C17H32O2. The van der Waals surface area contributed by atoms with Gasteiger partial charge in [-0.2, -0.15) is 0 Å².